The van der Waals surface area contributed by atoms with Crippen molar-refractivity contribution in [1.29, 1.82) is 0 Å². The maximum absolute atomic E-state index is 13.2. The Morgan fingerprint density at radius 1 is 0.722 bits per heavy atom. The number of carbonyl (C=O) groups is 2. The van der Waals surface area contributed by atoms with Gasteiger partial charge in [0.15, 0.2) is 0 Å². The minimum atomic E-state index is -0.372. The van der Waals surface area contributed by atoms with E-state index in [1.165, 1.54) is 30.4 Å². The smallest absolute Gasteiger partial charge is 0.338 e. The molecular weight excluding hydrogens is 448 g/mol. The molecule has 3 saturated carbocycles. The molecule has 0 aromatic heterocycles. The first kappa shape index (κ1) is 25.0. The highest BCUT2D eigenvalue weighted by molar-refractivity contribution is 5.90. The number of ether oxygens (including phenoxy) is 2. The second-order valence-corrected chi connectivity index (χ2v) is 11.2. The van der Waals surface area contributed by atoms with Crippen LogP contribution in [-0.4, -0.2) is 24.1 Å². The van der Waals surface area contributed by atoms with Crippen molar-refractivity contribution in [1.82, 2.24) is 0 Å². The van der Waals surface area contributed by atoms with Gasteiger partial charge in [-0.15, -0.1) is 0 Å². The molecule has 2 aromatic rings. The van der Waals surface area contributed by atoms with Crippen LogP contribution in [0.1, 0.15) is 97.1 Å². The number of rotatable bonds is 10. The highest BCUT2D eigenvalue weighted by atomic mass is 16.6. The Labute approximate surface area is 215 Å². The first-order valence-electron chi connectivity index (χ1n) is 14.2. The van der Waals surface area contributed by atoms with Crippen molar-refractivity contribution in [2.45, 2.75) is 90.3 Å². The lowest BCUT2D eigenvalue weighted by Gasteiger charge is -2.29. The van der Waals surface area contributed by atoms with E-state index in [1.807, 2.05) is 48.5 Å². The number of esters is 2. The van der Waals surface area contributed by atoms with Crippen LogP contribution in [0, 0.1) is 23.7 Å². The molecule has 0 N–H and O–H groups in total. The summed E-state index contributed by atoms with van der Waals surface area (Å²) in [5, 5.41) is 0. The molecule has 36 heavy (non-hydrogen) atoms. The van der Waals surface area contributed by atoms with Gasteiger partial charge in [-0.25, -0.2) is 9.59 Å². The molecule has 3 fully saturated rings. The molecule has 5 rings (SSSR count). The Kier molecular flexibility index (Phi) is 7.79. The van der Waals surface area contributed by atoms with Crippen molar-refractivity contribution in [2.24, 2.45) is 23.7 Å². The van der Waals surface area contributed by atoms with Crippen LogP contribution in [0.25, 0.3) is 0 Å². The van der Waals surface area contributed by atoms with Crippen molar-refractivity contribution in [2.75, 3.05) is 0 Å². The summed E-state index contributed by atoms with van der Waals surface area (Å²) in [6, 6.07) is 15.6. The third-order valence-corrected chi connectivity index (χ3v) is 8.93. The fourth-order valence-electron chi connectivity index (χ4n) is 7.01. The van der Waals surface area contributed by atoms with Gasteiger partial charge < -0.3 is 9.47 Å². The summed E-state index contributed by atoms with van der Waals surface area (Å²) >= 11 is 0. The minimum absolute atomic E-state index is 0.299. The number of benzene rings is 2. The molecule has 192 valence electrons. The van der Waals surface area contributed by atoms with Crippen LogP contribution in [-0.2, 0) is 22.3 Å². The molecule has 6 atom stereocenters. The maximum atomic E-state index is 13.2. The number of aryl methyl sites for hydroxylation is 2. The highest BCUT2D eigenvalue weighted by Gasteiger charge is 2.59. The molecular formula is C32H40O4. The number of carbonyl (C=O) groups excluding carboxylic acids is 2. The van der Waals surface area contributed by atoms with Gasteiger partial charge in [0.2, 0.25) is 0 Å². The van der Waals surface area contributed by atoms with E-state index in [2.05, 4.69) is 13.8 Å². The number of hydrogen-bond donors (Lipinski definition) is 0. The van der Waals surface area contributed by atoms with Crippen molar-refractivity contribution in [3.8, 4) is 0 Å². The third-order valence-electron chi connectivity index (χ3n) is 8.93. The Hall–Kier alpha value is -2.62. The van der Waals surface area contributed by atoms with Gasteiger partial charge in [0.05, 0.1) is 11.1 Å². The molecule has 0 radical (unpaired) electrons. The first-order chi connectivity index (χ1) is 17.6. The Bertz CT molecular complexity index is 1040. The lowest BCUT2D eigenvalue weighted by molar-refractivity contribution is -0.0416. The van der Waals surface area contributed by atoms with Crippen LogP contribution in [0.2, 0.25) is 0 Å². The first-order valence-corrected chi connectivity index (χ1v) is 14.2. The summed E-state index contributed by atoms with van der Waals surface area (Å²) in [5.41, 5.74) is 3.64. The van der Waals surface area contributed by atoms with Gasteiger partial charge in [-0.3, -0.25) is 0 Å². The Morgan fingerprint density at radius 2 is 1.25 bits per heavy atom. The molecule has 0 saturated heterocycles. The molecule has 0 amide bonds. The zero-order chi connectivity index (χ0) is 25.1. The summed E-state index contributed by atoms with van der Waals surface area (Å²) < 4.78 is 12.3. The molecule has 0 aliphatic heterocycles. The monoisotopic (exact) mass is 488 g/mol. The van der Waals surface area contributed by atoms with E-state index >= 15 is 0 Å². The summed E-state index contributed by atoms with van der Waals surface area (Å²) in [5.74, 6) is 1.46. The van der Waals surface area contributed by atoms with Gasteiger partial charge in [0, 0.05) is 5.92 Å². The maximum Gasteiger partial charge on any atom is 0.338 e. The molecule has 0 heterocycles. The SMILES string of the molecule is CCCCc1ccc(C(=O)OC2CC3C4CCC(C4)C3C2OC(=O)c2ccc(CCCC)cc2)cc1. The van der Waals surface area contributed by atoms with E-state index in [4.69, 9.17) is 9.47 Å². The molecule has 2 bridgehead atoms. The van der Waals surface area contributed by atoms with Crippen LogP contribution >= 0.6 is 0 Å². The van der Waals surface area contributed by atoms with Crippen LogP contribution in [0.5, 0.6) is 0 Å². The minimum Gasteiger partial charge on any atom is -0.455 e. The molecule has 3 aliphatic rings. The topological polar surface area (TPSA) is 52.6 Å². The van der Waals surface area contributed by atoms with Crippen molar-refractivity contribution >= 4 is 11.9 Å². The van der Waals surface area contributed by atoms with E-state index < -0.39 is 0 Å². The normalized spacial score (nSPS) is 28.2. The second kappa shape index (κ2) is 11.2. The fraction of sp³-hybridized carbons (Fsp3) is 0.562. The van der Waals surface area contributed by atoms with Crippen molar-refractivity contribution in [3.63, 3.8) is 0 Å². The van der Waals surface area contributed by atoms with Gasteiger partial charge >= 0.3 is 11.9 Å². The summed E-state index contributed by atoms with van der Waals surface area (Å²) in [7, 11) is 0. The van der Waals surface area contributed by atoms with Gasteiger partial charge in [-0.05, 0) is 105 Å². The summed E-state index contributed by atoms with van der Waals surface area (Å²) in [4.78, 5) is 26.3. The van der Waals surface area contributed by atoms with Crippen molar-refractivity contribution in [3.05, 3.63) is 70.8 Å². The van der Waals surface area contributed by atoms with Crippen LogP contribution in [0.4, 0.5) is 0 Å². The van der Waals surface area contributed by atoms with E-state index in [1.54, 1.807) is 0 Å². The zero-order valence-corrected chi connectivity index (χ0v) is 21.8. The van der Waals surface area contributed by atoms with E-state index in [-0.39, 0.29) is 24.1 Å². The van der Waals surface area contributed by atoms with E-state index in [0.29, 0.717) is 34.8 Å². The average molecular weight is 489 g/mol. The molecule has 2 aromatic carbocycles. The van der Waals surface area contributed by atoms with E-state index in [9.17, 15) is 9.59 Å². The predicted octanol–water partition coefficient (Wildman–Crippen LogP) is 7.19. The van der Waals surface area contributed by atoms with Crippen molar-refractivity contribution < 1.29 is 19.1 Å². The Morgan fingerprint density at radius 3 is 1.81 bits per heavy atom. The Balaban J connectivity index is 1.28. The van der Waals surface area contributed by atoms with E-state index in [0.717, 1.165) is 44.9 Å². The molecule has 4 nitrogen and oxygen atoms in total. The van der Waals surface area contributed by atoms with Gasteiger partial charge in [0.25, 0.3) is 0 Å². The zero-order valence-electron chi connectivity index (χ0n) is 21.8. The average Bonchev–Trinajstić information content (AvgIpc) is 3.61. The second-order valence-electron chi connectivity index (χ2n) is 11.2. The summed E-state index contributed by atoms with van der Waals surface area (Å²) in [6.45, 7) is 4.36. The largest absolute Gasteiger partial charge is 0.455 e. The lowest BCUT2D eigenvalue weighted by Crippen LogP contribution is -2.37. The quantitative estimate of drug-likeness (QED) is 0.332. The molecule has 0 spiro atoms. The van der Waals surface area contributed by atoms with Gasteiger partial charge in [-0.1, -0.05) is 51.0 Å². The lowest BCUT2D eigenvalue weighted by atomic mass is 9.81. The summed E-state index contributed by atoms with van der Waals surface area (Å²) in [6.07, 6.45) is 10.4. The highest BCUT2D eigenvalue weighted by Crippen LogP contribution is 2.60. The molecule has 3 aliphatic carbocycles. The number of hydrogen-bond acceptors (Lipinski definition) is 4. The third kappa shape index (κ3) is 5.23. The van der Waals surface area contributed by atoms with Crippen LogP contribution in [0.15, 0.2) is 48.5 Å². The number of unbranched alkanes of at least 4 members (excludes halogenated alkanes) is 2. The molecule has 6 unspecified atom stereocenters. The van der Waals surface area contributed by atoms with Gasteiger partial charge in [-0.2, -0.15) is 0 Å². The fourth-order valence-corrected chi connectivity index (χ4v) is 7.01. The standard InChI is InChI=1S/C32H40O4/c1-3-5-7-21-9-13-23(14-10-21)31(33)35-28-20-27-25-17-18-26(19-25)29(27)30(28)36-32(34)24-15-11-22(12-16-24)8-6-4-2/h9-16,25-30H,3-8,17-20H2,1-2H3. The number of fused-ring (bicyclic) bond motifs is 5. The van der Waals surface area contributed by atoms with Crippen LogP contribution in [0.3, 0.4) is 0 Å². The van der Waals surface area contributed by atoms with Crippen LogP contribution < -0.4 is 0 Å². The predicted molar refractivity (Wildman–Crippen MR) is 141 cm³/mol. The molecule has 4 heteroatoms. The van der Waals surface area contributed by atoms with Gasteiger partial charge in [0.1, 0.15) is 12.2 Å².